The lowest BCUT2D eigenvalue weighted by molar-refractivity contribution is -0.134. The summed E-state index contributed by atoms with van der Waals surface area (Å²) in [6, 6.07) is 0. The molecule has 0 radical (unpaired) electrons. The number of hydrogen-bond donors (Lipinski definition) is 1. The molecular weight excluding hydrogens is 293 g/mol. The number of nitrogens with zero attached hydrogens (tertiary/aromatic N) is 1. The van der Waals surface area contributed by atoms with Crippen LogP contribution in [0.1, 0.15) is 32.6 Å². The van der Waals surface area contributed by atoms with Gasteiger partial charge in [-0.05, 0) is 38.3 Å². The van der Waals surface area contributed by atoms with Gasteiger partial charge in [0.15, 0.2) is 0 Å². The van der Waals surface area contributed by atoms with Crippen LogP contribution >= 0.6 is 0 Å². The van der Waals surface area contributed by atoms with Crippen LogP contribution in [0.3, 0.4) is 0 Å². The molecule has 1 atom stereocenters. The van der Waals surface area contributed by atoms with Crippen LogP contribution in [-0.2, 0) is 10.0 Å². The predicted molar refractivity (Wildman–Crippen MR) is 71.9 cm³/mol. The van der Waals surface area contributed by atoms with Gasteiger partial charge in [0, 0.05) is 19.5 Å². The van der Waals surface area contributed by atoms with Crippen molar-refractivity contribution in [3.63, 3.8) is 0 Å². The summed E-state index contributed by atoms with van der Waals surface area (Å²) in [6.45, 7) is 4.15. The molecule has 1 saturated heterocycles. The average molecular weight is 316 g/mol. The third kappa shape index (κ3) is 6.41. The van der Waals surface area contributed by atoms with Crippen molar-refractivity contribution in [3.05, 3.63) is 0 Å². The number of rotatable bonds is 7. The van der Waals surface area contributed by atoms with E-state index in [4.69, 9.17) is 0 Å². The molecule has 4 nitrogen and oxygen atoms in total. The minimum atomic E-state index is -4.29. The molecule has 1 unspecified atom stereocenters. The zero-order chi connectivity index (χ0) is 15.2. The Balaban J connectivity index is 2.48. The predicted octanol–water partition coefficient (Wildman–Crippen LogP) is 1.98. The van der Waals surface area contributed by atoms with Gasteiger partial charge in [-0.25, -0.2) is 12.7 Å². The second-order valence-corrected chi connectivity index (χ2v) is 7.29. The summed E-state index contributed by atoms with van der Waals surface area (Å²) >= 11 is 0. The summed E-state index contributed by atoms with van der Waals surface area (Å²) in [5, 5.41) is 3.21. The van der Waals surface area contributed by atoms with Crippen LogP contribution < -0.4 is 5.32 Å². The maximum atomic E-state index is 12.1. The maximum Gasteiger partial charge on any atom is 0.389 e. The third-order valence-corrected chi connectivity index (χ3v) is 5.47. The smallest absolute Gasteiger partial charge is 0.316 e. The molecule has 0 bridgehead atoms. The van der Waals surface area contributed by atoms with E-state index in [9.17, 15) is 21.6 Å². The first-order chi connectivity index (χ1) is 9.24. The van der Waals surface area contributed by atoms with Gasteiger partial charge >= 0.3 is 6.18 Å². The van der Waals surface area contributed by atoms with E-state index in [1.165, 1.54) is 4.31 Å². The molecule has 1 fully saturated rings. The lowest BCUT2D eigenvalue weighted by Gasteiger charge is -2.29. The SMILES string of the molecule is CCN(CC1CCCNC1)S(=O)(=O)CCCC(F)(F)F. The topological polar surface area (TPSA) is 49.4 Å². The Morgan fingerprint density at radius 1 is 1.35 bits per heavy atom. The second kappa shape index (κ2) is 7.61. The minimum Gasteiger partial charge on any atom is -0.316 e. The van der Waals surface area contributed by atoms with E-state index >= 15 is 0 Å². The molecule has 120 valence electrons. The van der Waals surface area contributed by atoms with Gasteiger partial charge in [0.25, 0.3) is 0 Å². The Hall–Kier alpha value is -0.340. The number of halogens is 3. The van der Waals surface area contributed by atoms with Gasteiger partial charge in [-0.15, -0.1) is 0 Å². The molecular formula is C12H23F3N2O2S. The number of nitrogens with one attached hydrogen (secondary N) is 1. The highest BCUT2D eigenvalue weighted by Crippen LogP contribution is 2.22. The van der Waals surface area contributed by atoms with E-state index in [1.807, 2.05) is 0 Å². The summed E-state index contributed by atoms with van der Waals surface area (Å²) in [5.41, 5.74) is 0. The van der Waals surface area contributed by atoms with Crippen molar-refractivity contribution in [2.45, 2.75) is 38.8 Å². The fraction of sp³-hybridized carbons (Fsp3) is 1.00. The number of sulfonamides is 1. The molecule has 8 heteroatoms. The van der Waals surface area contributed by atoms with Crippen LogP contribution in [-0.4, -0.2) is 50.8 Å². The Bertz CT molecular complexity index is 379. The van der Waals surface area contributed by atoms with E-state index in [-0.39, 0.29) is 12.3 Å². The minimum absolute atomic E-state index is 0.251. The number of alkyl halides is 3. The van der Waals surface area contributed by atoms with Gasteiger partial charge in [-0.1, -0.05) is 6.92 Å². The van der Waals surface area contributed by atoms with Crippen molar-refractivity contribution in [2.24, 2.45) is 5.92 Å². The van der Waals surface area contributed by atoms with Crippen molar-refractivity contribution in [2.75, 3.05) is 31.9 Å². The van der Waals surface area contributed by atoms with Crippen LogP contribution in [0.4, 0.5) is 13.2 Å². The maximum absolute atomic E-state index is 12.1. The van der Waals surface area contributed by atoms with Crippen LogP contribution in [0.25, 0.3) is 0 Å². The largest absolute Gasteiger partial charge is 0.389 e. The van der Waals surface area contributed by atoms with Crippen molar-refractivity contribution in [1.82, 2.24) is 9.62 Å². The van der Waals surface area contributed by atoms with E-state index in [0.717, 1.165) is 25.9 Å². The monoisotopic (exact) mass is 316 g/mol. The Morgan fingerprint density at radius 2 is 2.05 bits per heavy atom. The fourth-order valence-electron chi connectivity index (χ4n) is 2.39. The Kier molecular flexibility index (Phi) is 6.74. The standard InChI is InChI=1S/C12H23F3N2O2S/c1-2-17(10-11-5-3-7-16-9-11)20(18,19)8-4-6-12(13,14)15/h11,16H,2-10H2,1H3. The average Bonchev–Trinajstić information content (AvgIpc) is 2.35. The van der Waals surface area contributed by atoms with Crippen LogP contribution in [0.2, 0.25) is 0 Å². The van der Waals surface area contributed by atoms with Gasteiger partial charge in [-0.2, -0.15) is 13.2 Å². The molecule has 0 aromatic rings. The highest BCUT2D eigenvalue weighted by Gasteiger charge is 2.29. The summed E-state index contributed by atoms with van der Waals surface area (Å²) in [5.74, 6) is -0.179. The van der Waals surface area contributed by atoms with E-state index < -0.39 is 28.4 Å². The fourth-order valence-corrected chi connectivity index (χ4v) is 3.99. The molecule has 1 rings (SSSR count). The molecule has 1 aliphatic rings. The molecule has 0 amide bonds. The summed E-state index contributed by atoms with van der Waals surface area (Å²) in [4.78, 5) is 0. The van der Waals surface area contributed by atoms with Crippen molar-refractivity contribution >= 4 is 10.0 Å². The molecule has 0 aromatic heterocycles. The molecule has 0 saturated carbocycles. The van der Waals surface area contributed by atoms with E-state index in [1.54, 1.807) is 6.92 Å². The zero-order valence-corrected chi connectivity index (χ0v) is 12.6. The highest BCUT2D eigenvalue weighted by atomic mass is 32.2. The van der Waals surface area contributed by atoms with Gasteiger partial charge in [0.1, 0.15) is 0 Å². The molecule has 1 N–H and O–H groups in total. The normalized spacial score (nSPS) is 21.4. The van der Waals surface area contributed by atoms with Gasteiger partial charge in [0.05, 0.1) is 5.75 Å². The molecule has 0 aromatic carbocycles. The van der Waals surface area contributed by atoms with Crippen LogP contribution in [0, 0.1) is 5.92 Å². The van der Waals surface area contributed by atoms with Gasteiger partial charge < -0.3 is 5.32 Å². The molecule has 20 heavy (non-hydrogen) atoms. The van der Waals surface area contributed by atoms with Gasteiger partial charge in [0.2, 0.25) is 10.0 Å². The van der Waals surface area contributed by atoms with Crippen LogP contribution in [0.5, 0.6) is 0 Å². The summed E-state index contributed by atoms with van der Waals surface area (Å²) < 4.78 is 61.6. The quantitative estimate of drug-likeness (QED) is 0.781. The van der Waals surface area contributed by atoms with Crippen molar-refractivity contribution in [1.29, 1.82) is 0 Å². The highest BCUT2D eigenvalue weighted by molar-refractivity contribution is 7.89. The lowest BCUT2D eigenvalue weighted by atomic mass is 10.00. The Labute approximate surface area is 118 Å². The molecule has 0 aliphatic carbocycles. The lowest BCUT2D eigenvalue weighted by Crippen LogP contribution is -2.41. The summed E-state index contributed by atoms with van der Waals surface area (Å²) in [6.07, 6.45) is -3.74. The van der Waals surface area contributed by atoms with Crippen LogP contribution in [0.15, 0.2) is 0 Å². The first-order valence-corrected chi connectivity index (χ1v) is 8.61. The molecule has 1 heterocycles. The second-order valence-electron chi connectivity index (χ2n) is 5.20. The first kappa shape index (κ1) is 17.7. The van der Waals surface area contributed by atoms with E-state index in [2.05, 4.69) is 5.32 Å². The zero-order valence-electron chi connectivity index (χ0n) is 11.7. The summed E-state index contributed by atoms with van der Waals surface area (Å²) in [7, 11) is -3.59. The molecule has 1 aliphatic heterocycles. The van der Waals surface area contributed by atoms with E-state index in [0.29, 0.717) is 13.1 Å². The Morgan fingerprint density at radius 3 is 2.55 bits per heavy atom. The first-order valence-electron chi connectivity index (χ1n) is 7.00. The number of hydrogen-bond acceptors (Lipinski definition) is 3. The molecule has 0 spiro atoms. The third-order valence-electron chi connectivity index (χ3n) is 3.47. The van der Waals surface area contributed by atoms with Gasteiger partial charge in [-0.3, -0.25) is 0 Å². The van der Waals surface area contributed by atoms with Crippen molar-refractivity contribution in [3.8, 4) is 0 Å². The van der Waals surface area contributed by atoms with Crippen molar-refractivity contribution < 1.29 is 21.6 Å². The number of piperidine rings is 1.